The van der Waals surface area contributed by atoms with Gasteiger partial charge in [-0.2, -0.15) is 19.2 Å². The van der Waals surface area contributed by atoms with Crippen LogP contribution in [0, 0.1) is 24.7 Å². The first-order chi connectivity index (χ1) is 41.8. The number of amides is 1. The van der Waals surface area contributed by atoms with E-state index in [9.17, 15) is 38.4 Å². The fraction of sp³-hybridized carbons (Fsp3) is 0.574. The van der Waals surface area contributed by atoms with Crippen molar-refractivity contribution in [2.24, 2.45) is 0 Å². The number of carbonyl (C=O) groups excluding carboxylic acids is 12. The van der Waals surface area contributed by atoms with Crippen LogP contribution >= 0.6 is 0 Å². The lowest BCUT2D eigenvalue weighted by molar-refractivity contribution is -0.193. The Morgan fingerprint density at radius 2 is 0.693 bits per heavy atom. The highest BCUT2D eigenvalue weighted by molar-refractivity contribution is 5.92. The van der Waals surface area contributed by atoms with Crippen LogP contribution in [0.2, 0.25) is 0 Å². The molecule has 0 aromatic heterocycles. The second-order valence-corrected chi connectivity index (χ2v) is 17.8. The first-order valence-corrected chi connectivity index (χ1v) is 28.3. The maximum absolute atomic E-state index is 12.7. The Labute approximate surface area is 519 Å². The molecule has 27 nitrogen and oxygen atoms in total. The molecule has 0 fully saturated rings. The first kappa shape index (κ1) is 86.1. The molecule has 0 unspecified atom stereocenters. The molecule has 0 saturated heterocycles. The van der Waals surface area contributed by atoms with Crippen molar-refractivity contribution >= 4 is 71.9 Å². The highest BCUT2D eigenvalue weighted by Gasteiger charge is 2.22. The van der Waals surface area contributed by atoms with Crippen LogP contribution in [0.3, 0.4) is 0 Å². The lowest BCUT2D eigenvalue weighted by atomic mass is 10.2. The molecule has 2 aromatic carbocycles. The van der Waals surface area contributed by atoms with E-state index in [1.54, 1.807) is 87.7 Å². The number of nitrogen functional groups attached to an aromatic ring is 1. The summed E-state index contributed by atoms with van der Waals surface area (Å²) in [4.78, 5) is 139. The highest BCUT2D eigenvalue weighted by Crippen LogP contribution is 2.10. The fourth-order valence-electron chi connectivity index (χ4n) is 7.35. The molecule has 0 saturated carbocycles. The van der Waals surface area contributed by atoms with Gasteiger partial charge >= 0.3 is 48.1 Å². The second kappa shape index (κ2) is 59.0. The summed E-state index contributed by atoms with van der Waals surface area (Å²) in [6, 6.07) is 14.3. The van der Waals surface area contributed by atoms with Crippen LogP contribution in [0.4, 0.5) is 11.4 Å². The van der Waals surface area contributed by atoms with Crippen LogP contribution in [0.25, 0.3) is 0 Å². The number of anilines is 2. The standard InChI is InChI=1S/C29H44N4O7.C21H39N3O8.C8H7N.2CO2.CH4/c1-6-15-31(20-26(34)30-25-13-11-24(7-2)12-14-25)16-17-32(21-27(35)38-8-3)18-19-33(22-28(36)39-9-4)23-29(37)40-10-5;1-5-9-23(17-29-18-25)12-10-22(14-19(26)30-6-2)11-13-24(15-20(27)31-7-3)16-21(28)32-8-4;1-2-7-3-5-8(9)6-4-7;2*2-1-3;/h2,11-14H,6,8-10,15-23H2,1,3-5H3,(H,30,34);18H,5-17H2,1-4H3;1,3-6H,9H2;;;1H4. The van der Waals surface area contributed by atoms with Crippen LogP contribution in [-0.4, -0.2) is 248 Å². The molecule has 0 bridgehead atoms. The minimum absolute atomic E-state index is 0. The summed E-state index contributed by atoms with van der Waals surface area (Å²) in [6.45, 7) is 21.4. The van der Waals surface area contributed by atoms with Crippen molar-refractivity contribution in [3.8, 4) is 24.7 Å². The Morgan fingerprint density at radius 3 is 0.977 bits per heavy atom. The summed E-state index contributed by atoms with van der Waals surface area (Å²) in [5.74, 6) is 2.38. The Hall–Kier alpha value is -8.36. The first-order valence-electron chi connectivity index (χ1n) is 28.3. The number of esters is 6. The molecule has 2 aromatic rings. The molecule has 88 heavy (non-hydrogen) atoms. The molecule has 27 heteroatoms. The van der Waals surface area contributed by atoms with Crippen LogP contribution in [-0.2, 0) is 90.7 Å². The zero-order chi connectivity index (χ0) is 66.0. The van der Waals surface area contributed by atoms with Gasteiger partial charge in [0.15, 0.2) is 0 Å². The number of benzene rings is 2. The third-order valence-electron chi connectivity index (χ3n) is 11.1. The van der Waals surface area contributed by atoms with Crippen LogP contribution in [0.15, 0.2) is 48.5 Å². The van der Waals surface area contributed by atoms with Crippen molar-refractivity contribution in [3.05, 3.63) is 59.7 Å². The van der Waals surface area contributed by atoms with Gasteiger partial charge in [-0.25, -0.2) is 0 Å². The van der Waals surface area contributed by atoms with Crippen molar-refractivity contribution in [2.75, 3.05) is 169 Å². The molecule has 2 rings (SSSR count). The molecule has 0 spiro atoms. The molecular formula is C61H94N8O19. The van der Waals surface area contributed by atoms with Crippen molar-refractivity contribution in [1.82, 2.24) is 29.4 Å². The second-order valence-electron chi connectivity index (χ2n) is 17.8. The van der Waals surface area contributed by atoms with E-state index in [1.165, 1.54) is 0 Å². The SMILES string of the molecule is C.C#Cc1ccc(N)cc1.C#Cc1ccc(NC(=O)CN(CCC)CCN(CCN(CC(=O)OCC)CC(=O)OCC)CC(=O)OCC)cc1.CCCN(CCN(CCN(CC(=O)OCC)CC(=O)OCC)CC(=O)OCC)COC=O.O=C=O.O=C=O. The maximum Gasteiger partial charge on any atom is 0.373 e. The minimum atomic E-state index is -0.446. The van der Waals surface area contributed by atoms with Crippen molar-refractivity contribution in [1.29, 1.82) is 0 Å². The molecule has 0 heterocycles. The highest BCUT2D eigenvalue weighted by atomic mass is 16.6. The third-order valence-corrected chi connectivity index (χ3v) is 11.1. The number of hydrogen-bond acceptors (Lipinski definition) is 26. The molecule has 0 aliphatic heterocycles. The average Bonchev–Trinajstić information content (AvgIpc) is 3.69. The number of terminal acetylenes is 2. The van der Waals surface area contributed by atoms with Crippen LogP contribution < -0.4 is 11.1 Å². The summed E-state index contributed by atoms with van der Waals surface area (Å²) < 4.78 is 35.1. The van der Waals surface area contributed by atoms with Gasteiger partial charge in [-0.1, -0.05) is 33.1 Å². The lowest BCUT2D eigenvalue weighted by Gasteiger charge is -2.29. The summed E-state index contributed by atoms with van der Waals surface area (Å²) in [7, 11) is 0. The van der Waals surface area contributed by atoms with Crippen LogP contribution in [0.5, 0.6) is 0 Å². The average molecular weight is 1240 g/mol. The maximum atomic E-state index is 12.7. The number of ether oxygens (including phenoxy) is 7. The van der Waals surface area contributed by atoms with E-state index >= 15 is 0 Å². The van der Waals surface area contributed by atoms with Gasteiger partial charge in [0.25, 0.3) is 6.47 Å². The molecule has 1 amide bonds. The number of carbonyl (C=O) groups is 8. The Kier molecular flexibility index (Phi) is 57.7. The van der Waals surface area contributed by atoms with Gasteiger partial charge in [0.1, 0.15) is 6.73 Å². The molecule has 0 aliphatic carbocycles. The minimum Gasteiger partial charge on any atom is -0.465 e. The van der Waals surface area contributed by atoms with Crippen molar-refractivity contribution in [3.63, 3.8) is 0 Å². The molecule has 0 aliphatic rings. The van der Waals surface area contributed by atoms with E-state index in [2.05, 4.69) is 17.2 Å². The Morgan fingerprint density at radius 1 is 0.432 bits per heavy atom. The van der Waals surface area contributed by atoms with Gasteiger partial charge in [0.2, 0.25) is 5.91 Å². The van der Waals surface area contributed by atoms with Gasteiger partial charge in [-0.05, 0) is 109 Å². The number of nitrogens with one attached hydrogen (secondary N) is 1. The number of nitrogens with two attached hydrogens (primary N) is 1. The summed E-state index contributed by atoms with van der Waals surface area (Å²) in [6.07, 6.45) is 12.7. The monoisotopic (exact) mass is 1240 g/mol. The van der Waals surface area contributed by atoms with Crippen molar-refractivity contribution in [2.45, 2.75) is 75.7 Å². The topological polar surface area (TPSA) is 327 Å². The van der Waals surface area contributed by atoms with Gasteiger partial charge in [-0.15, -0.1) is 12.8 Å². The molecule has 0 atom stereocenters. The molecule has 3 N–H and O–H groups in total. The molecular weight excluding hydrogens is 1150 g/mol. The number of hydrogen-bond donors (Lipinski definition) is 2. The zero-order valence-corrected chi connectivity index (χ0v) is 51.8. The van der Waals surface area contributed by atoms with E-state index in [0.29, 0.717) is 71.1 Å². The van der Waals surface area contributed by atoms with E-state index in [1.807, 2.05) is 45.6 Å². The fourth-order valence-corrected chi connectivity index (χ4v) is 7.35. The summed E-state index contributed by atoms with van der Waals surface area (Å²) in [5, 5.41) is 2.88. The van der Waals surface area contributed by atoms with Gasteiger partial charge in [-0.3, -0.25) is 67.8 Å². The normalized spacial score (nSPS) is 9.95. The number of nitrogens with zero attached hydrogens (tertiary/aromatic N) is 6. The number of rotatable bonds is 40. The van der Waals surface area contributed by atoms with E-state index < -0.39 is 23.9 Å². The quantitative estimate of drug-likeness (QED) is 0.0242. The smallest absolute Gasteiger partial charge is 0.373 e. The molecule has 492 valence electrons. The summed E-state index contributed by atoms with van der Waals surface area (Å²) in [5.41, 5.74) is 8.41. The third kappa shape index (κ3) is 49.9. The van der Waals surface area contributed by atoms with E-state index in [4.69, 9.17) is 70.9 Å². The van der Waals surface area contributed by atoms with E-state index in [-0.39, 0.29) is 130 Å². The van der Waals surface area contributed by atoms with Crippen molar-refractivity contribution < 1.29 is 90.7 Å². The predicted molar refractivity (Wildman–Crippen MR) is 325 cm³/mol. The lowest BCUT2D eigenvalue weighted by Crippen LogP contribution is -2.45. The predicted octanol–water partition coefficient (Wildman–Crippen LogP) is 2.45. The zero-order valence-electron chi connectivity index (χ0n) is 51.8. The van der Waals surface area contributed by atoms with E-state index in [0.717, 1.165) is 36.2 Å². The van der Waals surface area contributed by atoms with Gasteiger partial charge in [0.05, 0.1) is 85.5 Å². The Balaban J connectivity index is -0.000000650. The van der Waals surface area contributed by atoms with Crippen LogP contribution in [0.1, 0.15) is 86.8 Å². The van der Waals surface area contributed by atoms with Gasteiger partial charge in [0, 0.05) is 81.4 Å². The largest absolute Gasteiger partial charge is 0.465 e. The Bertz CT molecular complexity index is 2340. The van der Waals surface area contributed by atoms with Gasteiger partial charge < -0.3 is 44.2 Å². The molecule has 0 radical (unpaired) electrons. The summed E-state index contributed by atoms with van der Waals surface area (Å²) >= 11 is 0.